The van der Waals surface area contributed by atoms with Gasteiger partial charge in [0.05, 0.1) is 13.5 Å². The minimum atomic E-state index is -0.348. The predicted octanol–water partition coefficient (Wildman–Crippen LogP) is 1.64. The van der Waals surface area contributed by atoms with Crippen LogP contribution in [0.25, 0.3) is 0 Å². The van der Waals surface area contributed by atoms with E-state index in [1.165, 1.54) is 7.11 Å². The third-order valence-corrected chi connectivity index (χ3v) is 2.38. The number of benzene rings is 1. The summed E-state index contributed by atoms with van der Waals surface area (Å²) in [5.74, 6) is -0.348. The highest BCUT2D eigenvalue weighted by atomic mass is 16.5. The summed E-state index contributed by atoms with van der Waals surface area (Å²) in [6.45, 7) is 0. The van der Waals surface area contributed by atoms with E-state index in [0.717, 1.165) is 5.56 Å². The van der Waals surface area contributed by atoms with Gasteiger partial charge in [0.2, 0.25) is 0 Å². The standard InChI is InChI=1S/C14H10N4O2/c1-20-14(19)6-10-2-4-12(5-3-10)18-13(9-17)11(7-15)8-16/h2-5,18H,6H2,1H3. The molecule has 6 nitrogen and oxygen atoms in total. The molecule has 0 unspecified atom stereocenters. The summed E-state index contributed by atoms with van der Waals surface area (Å²) in [7, 11) is 1.31. The Morgan fingerprint density at radius 1 is 1.15 bits per heavy atom. The largest absolute Gasteiger partial charge is 0.469 e. The fourth-order valence-corrected chi connectivity index (χ4v) is 1.37. The van der Waals surface area contributed by atoms with Gasteiger partial charge in [0.15, 0.2) is 5.57 Å². The van der Waals surface area contributed by atoms with Crippen LogP contribution in [0.15, 0.2) is 35.5 Å². The maximum absolute atomic E-state index is 11.1. The smallest absolute Gasteiger partial charge is 0.309 e. The lowest BCUT2D eigenvalue weighted by Crippen LogP contribution is -2.05. The molecule has 0 saturated carbocycles. The van der Waals surface area contributed by atoms with Crippen molar-refractivity contribution in [3.05, 3.63) is 41.1 Å². The van der Waals surface area contributed by atoms with Crippen molar-refractivity contribution in [3.8, 4) is 18.2 Å². The van der Waals surface area contributed by atoms with Crippen molar-refractivity contribution >= 4 is 11.7 Å². The van der Waals surface area contributed by atoms with Gasteiger partial charge in [-0.3, -0.25) is 4.79 Å². The number of hydrogen-bond donors (Lipinski definition) is 1. The number of ether oxygens (including phenoxy) is 1. The van der Waals surface area contributed by atoms with Crippen molar-refractivity contribution in [2.75, 3.05) is 12.4 Å². The highest BCUT2D eigenvalue weighted by Crippen LogP contribution is 2.14. The Labute approximate surface area is 116 Å². The number of hydrogen-bond acceptors (Lipinski definition) is 6. The van der Waals surface area contributed by atoms with Gasteiger partial charge in [-0.2, -0.15) is 15.8 Å². The molecule has 1 rings (SSSR count). The summed E-state index contributed by atoms with van der Waals surface area (Å²) in [4.78, 5) is 11.1. The van der Waals surface area contributed by atoms with Crippen molar-refractivity contribution in [1.29, 1.82) is 15.8 Å². The predicted molar refractivity (Wildman–Crippen MR) is 69.6 cm³/mol. The quantitative estimate of drug-likeness (QED) is 0.655. The fraction of sp³-hybridized carbons (Fsp3) is 0.143. The monoisotopic (exact) mass is 266 g/mol. The molecule has 20 heavy (non-hydrogen) atoms. The molecule has 0 saturated heterocycles. The number of allylic oxidation sites excluding steroid dienone is 2. The van der Waals surface area contributed by atoms with Crippen LogP contribution in [0.1, 0.15) is 5.56 Å². The third-order valence-electron chi connectivity index (χ3n) is 2.38. The zero-order valence-electron chi connectivity index (χ0n) is 10.7. The van der Waals surface area contributed by atoms with Crippen LogP contribution in [0.3, 0.4) is 0 Å². The Bertz CT molecular complexity index is 638. The molecule has 0 fully saturated rings. The molecule has 6 heteroatoms. The summed E-state index contributed by atoms with van der Waals surface area (Å²) in [6, 6.07) is 11.7. The second-order valence-electron chi connectivity index (χ2n) is 3.66. The van der Waals surface area contributed by atoms with Gasteiger partial charge < -0.3 is 10.1 Å². The minimum absolute atomic E-state index is 0.115. The average Bonchev–Trinajstić information content (AvgIpc) is 2.48. The first-order valence-electron chi connectivity index (χ1n) is 5.52. The molecule has 0 aromatic heterocycles. The zero-order chi connectivity index (χ0) is 15.0. The number of anilines is 1. The normalized spacial score (nSPS) is 8.50. The van der Waals surface area contributed by atoms with Crippen molar-refractivity contribution in [2.24, 2.45) is 0 Å². The fourth-order valence-electron chi connectivity index (χ4n) is 1.37. The Balaban J connectivity index is 2.89. The number of nitrogens with zero attached hydrogens (tertiary/aromatic N) is 3. The van der Waals surface area contributed by atoms with Gasteiger partial charge in [0, 0.05) is 5.69 Å². The van der Waals surface area contributed by atoms with E-state index in [9.17, 15) is 4.79 Å². The maximum Gasteiger partial charge on any atom is 0.309 e. The highest BCUT2D eigenvalue weighted by molar-refractivity contribution is 5.72. The molecule has 1 N–H and O–H groups in total. The van der Waals surface area contributed by atoms with E-state index in [4.69, 9.17) is 15.8 Å². The van der Waals surface area contributed by atoms with Gasteiger partial charge in [-0.25, -0.2) is 0 Å². The van der Waals surface area contributed by atoms with Gasteiger partial charge in [-0.15, -0.1) is 0 Å². The Hall–Kier alpha value is -3.30. The van der Waals surface area contributed by atoms with E-state index in [1.807, 2.05) is 0 Å². The van der Waals surface area contributed by atoms with Crippen LogP contribution < -0.4 is 5.32 Å². The molecule has 0 heterocycles. The van der Waals surface area contributed by atoms with Crippen LogP contribution in [0.5, 0.6) is 0 Å². The molecule has 0 atom stereocenters. The van der Waals surface area contributed by atoms with Crippen molar-refractivity contribution < 1.29 is 9.53 Å². The number of methoxy groups -OCH3 is 1. The van der Waals surface area contributed by atoms with E-state index in [2.05, 4.69) is 10.1 Å². The molecule has 0 amide bonds. The second-order valence-corrected chi connectivity index (χ2v) is 3.66. The summed E-state index contributed by atoms with van der Waals surface area (Å²) in [6.07, 6.45) is 0.152. The van der Waals surface area contributed by atoms with Gasteiger partial charge in [0.1, 0.15) is 23.9 Å². The molecule has 0 spiro atoms. The van der Waals surface area contributed by atoms with Crippen molar-refractivity contribution in [3.63, 3.8) is 0 Å². The van der Waals surface area contributed by atoms with Crippen LogP contribution >= 0.6 is 0 Å². The van der Waals surface area contributed by atoms with E-state index < -0.39 is 0 Å². The number of nitriles is 3. The summed E-state index contributed by atoms with van der Waals surface area (Å²) < 4.78 is 4.55. The topological polar surface area (TPSA) is 110 Å². The molecule has 1 aromatic carbocycles. The molecule has 0 aliphatic rings. The first-order chi connectivity index (χ1) is 9.64. The van der Waals surface area contributed by atoms with E-state index in [0.29, 0.717) is 5.69 Å². The molecular weight excluding hydrogens is 256 g/mol. The van der Waals surface area contributed by atoms with E-state index in [-0.39, 0.29) is 23.7 Å². The van der Waals surface area contributed by atoms with Crippen molar-refractivity contribution in [2.45, 2.75) is 6.42 Å². The van der Waals surface area contributed by atoms with Crippen LogP contribution in [-0.4, -0.2) is 13.1 Å². The molecular formula is C14H10N4O2. The van der Waals surface area contributed by atoms with Crippen LogP contribution in [0.4, 0.5) is 5.69 Å². The SMILES string of the molecule is COC(=O)Cc1ccc(NC(C#N)=C(C#N)C#N)cc1. The van der Waals surface area contributed by atoms with Crippen LogP contribution in [0, 0.1) is 34.0 Å². The summed E-state index contributed by atoms with van der Waals surface area (Å²) >= 11 is 0. The molecule has 0 radical (unpaired) electrons. The molecule has 0 aliphatic carbocycles. The van der Waals surface area contributed by atoms with Gasteiger partial charge in [-0.1, -0.05) is 12.1 Å². The lowest BCUT2D eigenvalue weighted by Gasteiger charge is -2.05. The minimum Gasteiger partial charge on any atom is -0.469 e. The number of carbonyl (C=O) groups is 1. The molecule has 98 valence electrons. The Kier molecular flexibility index (Phi) is 5.32. The summed E-state index contributed by atoms with van der Waals surface area (Å²) in [5.41, 5.74) is 0.894. The van der Waals surface area contributed by atoms with Gasteiger partial charge in [0.25, 0.3) is 0 Å². The van der Waals surface area contributed by atoms with Crippen LogP contribution in [0.2, 0.25) is 0 Å². The molecule has 1 aromatic rings. The lowest BCUT2D eigenvalue weighted by atomic mass is 10.1. The third kappa shape index (κ3) is 3.87. The van der Waals surface area contributed by atoms with E-state index in [1.54, 1.807) is 42.5 Å². The number of carbonyl (C=O) groups excluding carboxylic acids is 1. The lowest BCUT2D eigenvalue weighted by molar-refractivity contribution is -0.139. The Morgan fingerprint density at radius 3 is 2.20 bits per heavy atom. The molecule has 0 aliphatic heterocycles. The molecule has 0 bridgehead atoms. The first kappa shape index (κ1) is 14.8. The Morgan fingerprint density at radius 2 is 1.75 bits per heavy atom. The average molecular weight is 266 g/mol. The number of nitrogens with one attached hydrogen (secondary N) is 1. The van der Waals surface area contributed by atoms with E-state index >= 15 is 0 Å². The van der Waals surface area contributed by atoms with Gasteiger partial charge >= 0.3 is 5.97 Å². The second kappa shape index (κ2) is 7.20. The van der Waals surface area contributed by atoms with Crippen molar-refractivity contribution in [1.82, 2.24) is 0 Å². The number of rotatable bonds is 4. The maximum atomic E-state index is 11.1. The number of esters is 1. The first-order valence-corrected chi connectivity index (χ1v) is 5.52. The zero-order valence-corrected chi connectivity index (χ0v) is 10.7. The summed E-state index contributed by atoms with van der Waals surface area (Å²) in [5, 5.41) is 29.0. The van der Waals surface area contributed by atoms with Gasteiger partial charge in [-0.05, 0) is 17.7 Å². The van der Waals surface area contributed by atoms with Crippen LogP contribution in [-0.2, 0) is 16.0 Å². The highest BCUT2D eigenvalue weighted by Gasteiger charge is 2.07.